The van der Waals surface area contributed by atoms with Crippen molar-refractivity contribution in [3.63, 3.8) is 0 Å². The predicted octanol–water partition coefficient (Wildman–Crippen LogP) is 4.42. The Labute approximate surface area is 158 Å². The second kappa shape index (κ2) is 5.91. The van der Waals surface area contributed by atoms with Crippen LogP contribution in [0.1, 0.15) is 41.8 Å². The van der Waals surface area contributed by atoms with Crippen LogP contribution in [0.15, 0.2) is 36.0 Å². The lowest BCUT2D eigenvalue weighted by Gasteiger charge is -2.50. The van der Waals surface area contributed by atoms with E-state index in [1.54, 1.807) is 0 Å². The van der Waals surface area contributed by atoms with Crippen molar-refractivity contribution < 1.29 is 4.74 Å². The van der Waals surface area contributed by atoms with Crippen LogP contribution >= 0.6 is 11.3 Å². The SMILES string of the molecule is CN(C)C1(c2cccs2)CCC2(CC1)OCCc1c2[nH]c2ccncc12. The molecule has 0 aromatic carbocycles. The van der Waals surface area contributed by atoms with Crippen LogP contribution in [0.4, 0.5) is 0 Å². The molecule has 0 bridgehead atoms. The van der Waals surface area contributed by atoms with E-state index in [1.807, 2.05) is 23.7 Å². The Kier molecular flexibility index (Phi) is 3.75. The number of hydrogen-bond donors (Lipinski definition) is 1. The highest BCUT2D eigenvalue weighted by Crippen LogP contribution is 2.53. The number of thiophene rings is 1. The number of aromatic amines is 1. The standard InChI is InChI=1S/C21H25N3OS/c1-24(2)20(18-4-3-13-26-18)7-9-21(10-8-20)19-15(6-12-25-21)16-14-22-11-5-17(16)23-19/h3-5,11,13-14,23H,6-10,12H2,1-2H3. The lowest BCUT2D eigenvalue weighted by molar-refractivity contribution is -0.112. The molecule has 1 aliphatic carbocycles. The Morgan fingerprint density at radius 3 is 2.77 bits per heavy atom. The average Bonchev–Trinajstić information content (AvgIpc) is 3.31. The van der Waals surface area contributed by atoms with E-state index < -0.39 is 0 Å². The smallest absolute Gasteiger partial charge is 0.108 e. The number of H-pyrrole nitrogens is 1. The van der Waals surface area contributed by atoms with Crippen LogP contribution in [0.2, 0.25) is 0 Å². The molecule has 0 atom stereocenters. The van der Waals surface area contributed by atoms with Gasteiger partial charge >= 0.3 is 0 Å². The summed E-state index contributed by atoms with van der Waals surface area (Å²) in [4.78, 5) is 11.9. The summed E-state index contributed by atoms with van der Waals surface area (Å²) in [6.07, 6.45) is 9.19. The van der Waals surface area contributed by atoms with Gasteiger partial charge in [-0.3, -0.25) is 9.88 Å². The normalized spacial score (nSPS) is 28.7. The number of fused-ring (bicyclic) bond motifs is 4. The topological polar surface area (TPSA) is 41.1 Å². The zero-order chi connectivity index (χ0) is 17.8. The number of aromatic nitrogens is 2. The monoisotopic (exact) mass is 367 g/mol. The zero-order valence-corrected chi connectivity index (χ0v) is 16.2. The van der Waals surface area contributed by atoms with E-state index in [2.05, 4.69) is 52.5 Å². The highest BCUT2D eigenvalue weighted by molar-refractivity contribution is 7.10. The van der Waals surface area contributed by atoms with E-state index >= 15 is 0 Å². The van der Waals surface area contributed by atoms with Crippen LogP contribution in [-0.4, -0.2) is 35.6 Å². The molecule has 0 amide bonds. The van der Waals surface area contributed by atoms with Crippen molar-refractivity contribution >= 4 is 22.2 Å². The van der Waals surface area contributed by atoms with Crippen LogP contribution in [0.5, 0.6) is 0 Å². The molecule has 4 nitrogen and oxygen atoms in total. The van der Waals surface area contributed by atoms with Gasteiger partial charge in [0.2, 0.25) is 0 Å². The van der Waals surface area contributed by atoms with E-state index in [-0.39, 0.29) is 11.1 Å². The summed E-state index contributed by atoms with van der Waals surface area (Å²) < 4.78 is 6.49. The van der Waals surface area contributed by atoms with E-state index in [4.69, 9.17) is 4.74 Å². The maximum Gasteiger partial charge on any atom is 0.108 e. The molecule has 5 rings (SSSR count). The molecular formula is C21H25N3OS. The molecule has 1 spiro atoms. The first-order valence-corrected chi connectivity index (χ1v) is 10.3. The van der Waals surface area contributed by atoms with Gasteiger partial charge in [-0.15, -0.1) is 11.3 Å². The van der Waals surface area contributed by atoms with Crippen LogP contribution in [0, 0.1) is 0 Å². The van der Waals surface area contributed by atoms with Crippen LogP contribution < -0.4 is 0 Å². The third-order valence-electron chi connectivity index (χ3n) is 6.61. The average molecular weight is 368 g/mol. The van der Waals surface area contributed by atoms with E-state index in [1.165, 1.54) is 27.0 Å². The fourth-order valence-electron chi connectivity index (χ4n) is 5.08. The van der Waals surface area contributed by atoms with Crippen molar-refractivity contribution in [3.8, 4) is 0 Å². The molecule has 5 heteroatoms. The van der Waals surface area contributed by atoms with Gasteiger partial charge in [-0.1, -0.05) is 6.07 Å². The molecule has 26 heavy (non-hydrogen) atoms. The highest BCUT2D eigenvalue weighted by atomic mass is 32.1. The second-order valence-corrected chi connectivity index (χ2v) is 8.84. The molecule has 1 aliphatic heterocycles. The minimum atomic E-state index is -0.163. The summed E-state index contributed by atoms with van der Waals surface area (Å²) in [6.45, 7) is 0.808. The Balaban J connectivity index is 1.54. The molecule has 0 saturated heterocycles. The number of rotatable bonds is 2. The summed E-state index contributed by atoms with van der Waals surface area (Å²) in [5, 5.41) is 3.47. The third-order valence-corrected chi connectivity index (χ3v) is 7.68. The largest absolute Gasteiger partial charge is 0.368 e. The first kappa shape index (κ1) is 16.5. The Bertz CT molecular complexity index is 920. The predicted molar refractivity (Wildman–Crippen MR) is 106 cm³/mol. The Morgan fingerprint density at radius 2 is 2.04 bits per heavy atom. The molecule has 3 aromatic heterocycles. The fourth-order valence-corrected chi connectivity index (χ4v) is 6.14. The second-order valence-electron chi connectivity index (χ2n) is 7.90. The first-order chi connectivity index (χ1) is 12.6. The van der Waals surface area contributed by atoms with Crippen molar-refractivity contribution in [1.29, 1.82) is 0 Å². The van der Waals surface area contributed by atoms with Crippen molar-refractivity contribution in [1.82, 2.24) is 14.9 Å². The maximum absolute atomic E-state index is 6.49. The molecule has 4 heterocycles. The van der Waals surface area contributed by atoms with Gasteiger partial charge in [0.25, 0.3) is 0 Å². The lowest BCUT2D eigenvalue weighted by Crippen LogP contribution is -2.49. The number of hydrogen-bond acceptors (Lipinski definition) is 4. The minimum absolute atomic E-state index is 0.133. The van der Waals surface area contributed by atoms with Gasteiger partial charge in [0.1, 0.15) is 5.60 Å². The lowest BCUT2D eigenvalue weighted by atomic mass is 9.70. The van der Waals surface area contributed by atoms with Crippen LogP contribution in [-0.2, 0) is 22.3 Å². The summed E-state index contributed by atoms with van der Waals surface area (Å²) in [7, 11) is 4.44. The molecule has 1 fully saturated rings. The van der Waals surface area contributed by atoms with Crippen LogP contribution in [0.3, 0.4) is 0 Å². The molecule has 136 valence electrons. The van der Waals surface area contributed by atoms with Gasteiger partial charge in [-0.2, -0.15) is 0 Å². The van der Waals surface area contributed by atoms with E-state index in [0.717, 1.165) is 38.7 Å². The quantitative estimate of drug-likeness (QED) is 0.729. The maximum atomic E-state index is 6.49. The molecule has 3 aromatic rings. The van der Waals surface area contributed by atoms with Gasteiger partial charge in [-0.05, 0) is 69.3 Å². The van der Waals surface area contributed by atoms with Crippen molar-refractivity contribution in [2.75, 3.05) is 20.7 Å². The number of nitrogens with one attached hydrogen (secondary N) is 1. The number of pyridine rings is 1. The summed E-state index contributed by atoms with van der Waals surface area (Å²) in [5.41, 5.74) is 3.90. The minimum Gasteiger partial charge on any atom is -0.368 e. The van der Waals surface area contributed by atoms with Crippen molar-refractivity contribution in [2.45, 2.75) is 43.2 Å². The third kappa shape index (κ3) is 2.24. The molecule has 1 N–H and O–H groups in total. The Morgan fingerprint density at radius 1 is 1.19 bits per heavy atom. The summed E-state index contributed by atoms with van der Waals surface area (Å²) in [6, 6.07) is 6.56. The first-order valence-electron chi connectivity index (χ1n) is 9.45. The van der Waals surface area contributed by atoms with Gasteiger partial charge < -0.3 is 9.72 Å². The zero-order valence-electron chi connectivity index (χ0n) is 15.4. The van der Waals surface area contributed by atoms with Gasteiger partial charge in [0.05, 0.1) is 17.8 Å². The highest BCUT2D eigenvalue weighted by Gasteiger charge is 2.49. The van der Waals surface area contributed by atoms with Crippen LogP contribution in [0.25, 0.3) is 10.9 Å². The molecule has 0 unspecified atom stereocenters. The molecule has 1 saturated carbocycles. The van der Waals surface area contributed by atoms with Gasteiger partial charge in [0, 0.05) is 28.2 Å². The molecular weight excluding hydrogens is 342 g/mol. The van der Waals surface area contributed by atoms with Crippen molar-refractivity contribution in [3.05, 3.63) is 52.1 Å². The number of nitrogens with zero attached hydrogens (tertiary/aromatic N) is 2. The molecule has 2 aliphatic rings. The van der Waals surface area contributed by atoms with E-state index in [0.29, 0.717) is 0 Å². The Hall–Kier alpha value is -1.69. The van der Waals surface area contributed by atoms with Gasteiger partial charge in [-0.25, -0.2) is 0 Å². The summed E-state index contributed by atoms with van der Waals surface area (Å²) in [5.74, 6) is 0. The van der Waals surface area contributed by atoms with Crippen molar-refractivity contribution in [2.24, 2.45) is 0 Å². The van der Waals surface area contributed by atoms with E-state index in [9.17, 15) is 0 Å². The van der Waals surface area contributed by atoms with Gasteiger partial charge in [0.15, 0.2) is 0 Å². The number of ether oxygens (including phenoxy) is 1. The summed E-state index contributed by atoms with van der Waals surface area (Å²) >= 11 is 1.88. The fraction of sp³-hybridized carbons (Fsp3) is 0.476. The molecule has 0 radical (unpaired) electrons.